The van der Waals surface area contributed by atoms with Crippen molar-refractivity contribution in [3.05, 3.63) is 30.3 Å². The number of benzene rings is 1. The molecule has 0 unspecified atom stereocenters. The van der Waals surface area contributed by atoms with Gasteiger partial charge in [0.25, 0.3) is 0 Å². The predicted molar refractivity (Wildman–Crippen MR) is 82.6 cm³/mol. The molecule has 0 aliphatic carbocycles. The number of likely N-dealkylation sites (tertiary alicyclic amines) is 1. The molecule has 106 valence electrons. The Bertz CT molecular complexity index is 354. The molecule has 0 spiro atoms. The first-order valence-electron chi connectivity index (χ1n) is 7.29. The van der Waals surface area contributed by atoms with Gasteiger partial charge in [-0.05, 0) is 49.9 Å². The van der Waals surface area contributed by atoms with Crippen LogP contribution in [0.5, 0.6) is 0 Å². The van der Waals surface area contributed by atoms with Crippen molar-refractivity contribution in [2.24, 2.45) is 5.41 Å². The fourth-order valence-electron chi connectivity index (χ4n) is 2.68. The van der Waals surface area contributed by atoms with E-state index in [2.05, 4.69) is 42.2 Å². The van der Waals surface area contributed by atoms with Crippen molar-refractivity contribution in [2.45, 2.75) is 31.1 Å². The SMILES string of the molecule is CCC1(CO)CCN(CCSc2ccccc2)CC1. The van der Waals surface area contributed by atoms with E-state index in [-0.39, 0.29) is 5.41 Å². The average molecular weight is 279 g/mol. The van der Waals surface area contributed by atoms with Crippen LogP contribution in [0.25, 0.3) is 0 Å². The van der Waals surface area contributed by atoms with Crippen LogP contribution in [-0.2, 0) is 0 Å². The van der Waals surface area contributed by atoms with Crippen LogP contribution in [0.1, 0.15) is 26.2 Å². The number of hydrogen-bond acceptors (Lipinski definition) is 3. The fourth-order valence-corrected chi connectivity index (χ4v) is 3.62. The van der Waals surface area contributed by atoms with Gasteiger partial charge in [0.05, 0.1) is 0 Å². The summed E-state index contributed by atoms with van der Waals surface area (Å²) in [4.78, 5) is 3.90. The summed E-state index contributed by atoms with van der Waals surface area (Å²) in [6, 6.07) is 10.6. The highest BCUT2D eigenvalue weighted by atomic mass is 32.2. The summed E-state index contributed by atoms with van der Waals surface area (Å²) in [6.07, 6.45) is 3.40. The van der Waals surface area contributed by atoms with Gasteiger partial charge < -0.3 is 10.0 Å². The quantitative estimate of drug-likeness (QED) is 0.809. The number of piperidine rings is 1. The number of aliphatic hydroxyl groups excluding tert-OH is 1. The Morgan fingerprint density at radius 2 is 1.89 bits per heavy atom. The average Bonchev–Trinajstić information content (AvgIpc) is 2.49. The Balaban J connectivity index is 1.69. The largest absolute Gasteiger partial charge is 0.396 e. The van der Waals surface area contributed by atoms with Crippen molar-refractivity contribution < 1.29 is 5.11 Å². The van der Waals surface area contributed by atoms with E-state index in [1.54, 1.807) is 0 Å². The van der Waals surface area contributed by atoms with Crippen LogP contribution in [0.15, 0.2) is 35.2 Å². The molecule has 1 fully saturated rings. The van der Waals surface area contributed by atoms with E-state index < -0.39 is 0 Å². The smallest absolute Gasteiger partial charge is 0.0488 e. The molecule has 19 heavy (non-hydrogen) atoms. The van der Waals surface area contributed by atoms with Crippen molar-refractivity contribution in [1.82, 2.24) is 4.90 Å². The second-order valence-electron chi connectivity index (χ2n) is 5.51. The molecule has 1 saturated heterocycles. The summed E-state index contributed by atoms with van der Waals surface area (Å²) < 4.78 is 0. The molecule has 0 radical (unpaired) electrons. The van der Waals surface area contributed by atoms with Crippen LogP contribution in [0.2, 0.25) is 0 Å². The summed E-state index contributed by atoms with van der Waals surface area (Å²) in [5, 5.41) is 9.53. The molecule has 0 atom stereocenters. The third-order valence-corrected chi connectivity index (χ3v) is 5.41. The van der Waals surface area contributed by atoms with E-state index in [0.717, 1.165) is 44.6 Å². The van der Waals surface area contributed by atoms with Crippen molar-refractivity contribution >= 4 is 11.8 Å². The standard InChI is InChI=1S/C16H25NOS/c1-2-16(14-18)8-10-17(11-9-16)12-13-19-15-6-4-3-5-7-15/h3-7,18H,2,8-14H2,1H3. The zero-order valence-corrected chi connectivity index (χ0v) is 12.7. The number of rotatable bonds is 6. The summed E-state index contributed by atoms with van der Waals surface area (Å²) in [5.41, 5.74) is 0.211. The highest BCUT2D eigenvalue weighted by molar-refractivity contribution is 7.99. The topological polar surface area (TPSA) is 23.5 Å². The number of nitrogens with zero attached hydrogens (tertiary/aromatic N) is 1. The monoisotopic (exact) mass is 279 g/mol. The van der Waals surface area contributed by atoms with Crippen LogP contribution in [0.4, 0.5) is 0 Å². The maximum atomic E-state index is 9.53. The van der Waals surface area contributed by atoms with Crippen molar-refractivity contribution in [3.63, 3.8) is 0 Å². The van der Waals surface area contributed by atoms with Gasteiger partial charge in [0.15, 0.2) is 0 Å². The van der Waals surface area contributed by atoms with Crippen molar-refractivity contribution in [3.8, 4) is 0 Å². The van der Waals surface area contributed by atoms with E-state index in [0.29, 0.717) is 6.61 Å². The number of hydrogen-bond donors (Lipinski definition) is 1. The molecule has 2 rings (SSSR count). The predicted octanol–water partition coefficient (Wildman–Crippen LogP) is 3.26. The summed E-state index contributed by atoms with van der Waals surface area (Å²) in [5.74, 6) is 1.16. The molecule has 1 N–H and O–H groups in total. The second kappa shape index (κ2) is 7.32. The molecule has 1 aromatic carbocycles. The zero-order chi connectivity index (χ0) is 13.6. The van der Waals surface area contributed by atoms with Crippen LogP contribution in [0.3, 0.4) is 0 Å². The first-order valence-corrected chi connectivity index (χ1v) is 8.28. The van der Waals surface area contributed by atoms with Crippen LogP contribution in [-0.4, -0.2) is 42.0 Å². The molecule has 1 aliphatic heterocycles. The molecule has 1 aliphatic rings. The lowest BCUT2D eigenvalue weighted by atomic mass is 9.77. The second-order valence-corrected chi connectivity index (χ2v) is 6.68. The first-order chi connectivity index (χ1) is 9.28. The summed E-state index contributed by atoms with van der Waals surface area (Å²) >= 11 is 1.93. The Morgan fingerprint density at radius 3 is 2.47 bits per heavy atom. The van der Waals surface area contributed by atoms with Gasteiger partial charge in [0.1, 0.15) is 0 Å². The number of aliphatic hydroxyl groups is 1. The van der Waals surface area contributed by atoms with Crippen LogP contribution < -0.4 is 0 Å². The highest BCUT2D eigenvalue weighted by Crippen LogP contribution is 2.34. The molecular weight excluding hydrogens is 254 g/mol. The third-order valence-electron chi connectivity index (χ3n) is 4.42. The zero-order valence-electron chi connectivity index (χ0n) is 11.8. The molecule has 1 heterocycles. The lowest BCUT2D eigenvalue weighted by molar-refractivity contribution is 0.0433. The van der Waals surface area contributed by atoms with E-state index >= 15 is 0 Å². The van der Waals surface area contributed by atoms with Crippen LogP contribution >= 0.6 is 11.8 Å². The molecule has 0 saturated carbocycles. The summed E-state index contributed by atoms with van der Waals surface area (Å²) in [6.45, 7) is 6.01. The molecule has 3 heteroatoms. The molecule has 0 amide bonds. The highest BCUT2D eigenvalue weighted by Gasteiger charge is 2.31. The first kappa shape index (κ1) is 14.9. The van der Waals surface area contributed by atoms with Gasteiger partial charge in [-0.1, -0.05) is 25.1 Å². The minimum absolute atomic E-state index is 0.211. The van der Waals surface area contributed by atoms with E-state index in [1.165, 1.54) is 4.90 Å². The third kappa shape index (κ3) is 4.23. The van der Waals surface area contributed by atoms with Gasteiger partial charge in [-0.15, -0.1) is 11.8 Å². The van der Waals surface area contributed by atoms with E-state index in [1.807, 2.05) is 11.8 Å². The molecule has 0 aromatic heterocycles. The minimum atomic E-state index is 0.211. The minimum Gasteiger partial charge on any atom is -0.396 e. The molecule has 0 bridgehead atoms. The fraction of sp³-hybridized carbons (Fsp3) is 0.625. The van der Waals surface area contributed by atoms with Crippen molar-refractivity contribution in [1.29, 1.82) is 0 Å². The Hall–Kier alpha value is -0.510. The maximum absolute atomic E-state index is 9.53. The lowest BCUT2D eigenvalue weighted by Gasteiger charge is -2.40. The number of thioether (sulfide) groups is 1. The molecule has 2 nitrogen and oxygen atoms in total. The Labute approximate surface area is 121 Å². The van der Waals surface area contributed by atoms with Crippen molar-refractivity contribution in [2.75, 3.05) is 32.0 Å². The summed E-state index contributed by atoms with van der Waals surface area (Å²) in [7, 11) is 0. The molecular formula is C16H25NOS. The van der Waals surface area contributed by atoms with Gasteiger partial charge in [0, 0.05) is 23.8 Å². The van der Waals surface area contributed by atoms with Gasteiger partial charge in [-0.3, -0.25) is 0 Å². The maximum Gasteiger partial charge on any atom is 0.0488 e. The van der Waals surface area contributed by atoms with Gasteiger partial charge in [0.2, 0.25) is 0 Å². The van der Waals surface area contributed by atoms with Crippen LogP contribution in [0, 0.1) is 5.41 Å². The van der Waals surface area contributed by atoms with Gasteiger partial charge in [-0.25, -0.2) is 0 Å². The lowest BCUT2D eigenvalue weighted by Crippen LogP contribution is -2.42. The van der Waals surface area contributed by atoms with E-state index in [9.17, 15) is 5.11 Å². The Kier molecular flexibility index (Phi) is 5.74. The Morgan fingerprint density at radius 1 is 1.21 bits per heavy atom. The van der Waals surface area contributed by atoms with Gasteiger partial charge in [-0.2, -0.15) is 0 Å². The van der Waals surface area contributed by atoms with Gasteiger partial charge >= 0.3 is 0 Å². The molecule has 1 aromatic rings. The van der Waals surface area contributed by atoms with E-state index in [4.69, 9.17) is 0 Å². The normalized spacial score (nSPS) is 19.5.